The van der Waals surface area contributed by atoms with Gasteiger partial charge in [0.15, 0.2) is 0 Å². The molecule has 2 N–H and O–H groups in total. The van der Waals surface area contributed by atoms with Gasteiger partial charge >= 0.3 is 0 Å². The topological polar surface area (TPSA) is 55.5 Å². The van der Waals surface area contributed by atoms with Crippen molar-refractivity contribution in [2.45, 2.75) is 12.7 Å². The first-order valence-corrected chi connectivity index (χ1v) is 7.45. The van der Waals surface area contributed by atoms with Crippen molar-refractivity contribution >= 4 is 21.3 Å². The van der Waals surface area contributed by atoms with Crippen LogP contribution in [-0.4, -0.2) is 23.1 Å². The zero-order valence-corrected chi connectivity index (χ0v) is 10.9. The van der Waals surface area contributed by atoms with Gasteiger partial charge in [-0.2, -0.15) is 0 Å². The molecule has 0 aliphatic rings. The van der Waals surface area contributed by atoms with E-state index in [4.69, 9.17) is 17.3 Å². The fourth-order valence-electron chi connectivity index (χ4n) is 1.49. The SMILES string of the molecule is CCN=S(=O)(CCN)Cc1cccc(Cl)c1. The standard InChI is InChI=1S/C11H17ClN2OS/c1-2-14-16(15,7-6-13)9-10-4-3-5-11(12)8-10/h3-5,8H,2,6-7,9,13H2,1H3. The van der Waals surface area contributed by atoms with Gasteiger partial charge in [0.1, 0.15) is 0 Å². The molecule has 16 heavy (non-hydrogen) atoms. The lowest BCUT2D eigenvalue weighted by atomic mass is 10.2. The van der Waals surface area contributed by atoms with Crippen LogP contribution in [0.25, 0.3) is 0 Å². The monoisotopic (exact) mass is 260 g/mol. The molecular formula is C11H17ClN2OS. The Hall–Kier alpha value is -0.580. The average Bonchev–Trinajstić information content (AvgIpc) is 2.17. The molecule has 3 nitrogen and oxygen atoms in total. The van der Waals surface area contributed by atoms with Crippen LogP contribution in [0.3, 0.4) is 0 Å². The summed E-state index contributed by atoms with van der Waals surface area (Å²) in [5.41, 5.74) is 6.41. The fraction of sp³-hybridized carbons (Fsp3) is 0.455. The summed E-state index contributed by atoms with van der Waals surface area (Å²) < 4.78 is 16.6. The Labute approximate surface area is 102 Å². The molecule has 0 saturated heterocycles. The Morgan fingerprint density at radius 3 is 2.81 bits per heavy atom. The van der Waals surface area contributed by atoms with E-state index in [0.717, 1.165) is 5.56 Å². The molecule has 1 rings (SSSR count). The number of benzene rings is 1. The normalized spacial score (nSPS) is 14.4. The predicted octanol–water partition coefficient (Wildman–Crippen LogP) is 2.29. The molecule has 1 aromatic carbocycles. The van der Waals surface area contributed by atoms with Crippen LogP contribution in [0.5, 0.6) is 0 Å². The van der Waals surface area contributed by atoms with Gasteiger partial charge in [0.2, 0.25) is 0 Å². The average molecular weight is 261 g/mol. The van der Waals surface area contributed by atoms with E-state index in [1.165, 1.54) is 0 Å². The highest BCUT2D eigenvalue weighted by Gasteiger charge is 2.09. The molecular weight excluding hydrogens is 244 g/mol. The summed E-state index contributed by atoms with van der Waals surface area (Å²) in [5.74, 6) is 0.867. The second kappa shape index (κ2) is 6.23. The minimum absolute atomic E-state index is 0.392. The Morgan fingerprint density at radius 1 is 1.50 bits per heavy atom. The first-order chi connectivity index (χ1) is 7.59. The maximum atomic E-state index is 12.4. The number of halogens is 1. The number of hydrogen-bond donors (Lipinski definition) is 1. The molecule has 0 amide bonds. The lowest BCUT2D eigenvalue weighted by Gasteiger charge is -2.09. The Kier molecular flexibility index (Phi) is 5.25. The fourth-order valence-corrected chi connectivity index (χ4v) is 3.61. The third-order valence-electron chi connectivity index (χ3n) is 2.08. The van der Waals surface area contributed by atoms with Crippen LogP contribution in [0.2, 0.25) is 5.02 Å². The molecule has 0 fully saturated rings. The van der Waals surface area contributed by atoms with E-state index in [-0.39, 0.29) is 0 Å². The van der Waals surface area contributed by atoms with Gasteiger partial charge in [0, 0.05) is 23.9 Å². The molecule has 1 atom stereocenters. The molecule has 1 aromatic rings. The van der Waals surface area contributed by atoms with Crippen molar-refractivity contribution in [2.75, 3.05) is 18.8 Å². The lowest BCUT2D eigenvalue weighted by Crippen LogP contribution is -2.17. The molecule has 0 aromatic heterocycles. The molecule has 0 bridgehead atoms. The van der Waals surface area contributed by atoms with Crippen LogP contribution >= 0.6 is 11.6 Å². The van der Waals surface area contributed by atoms with Crippen LogP contribution in [0.15, 0.2) is 28.6 Å². The molecule has 90 valence electrons. The van der Waals surface area contributed by atoms with Crippen molar-refractivity contribution in [1.82, 2.24) is 0 Å². The second-order valence-corrected chi connectivity index (χ2v) is 6.42. The minimum Gasteiger partial charge on any atom is -0.330 e. The molecule has 0 heterocycles. The van der Waals surface area contributed by atoms with Crippen molar-refractivity contribution in [3.63, 3.8) is 0 Å². The van der Waals surface area contributed by atoms with Crippen LogP contribution in [0.1, 0.15) is 12.5 Å². The smallest absolute Gasteiger partial charge is 0.0569 e. The second-order valence-electron chi connectivity index (χ2n) is 3.48. The number of rotatable bonds is 5. The van der Waals surface area contributed by atoms with Crippen molar-refractivity contribution in [3.8, 4) is 0 Å². The Morgan fingerprint density at radius 2 is 2.25 bits per heavy atom. The van der Waals surface area contributed by atoms with E-state index in [1.54, 1.807) is 6.07 Å². The summed E-state index contributed by atoms with van der Waals surface area (Å²) in [4.78, 5) is 0. The first-order valence-electron chi connectivity index (χ1n) is 5.22. The van der Waals surface area contributed by atoms with Gasteiger partial charge in [-0.3, -0.25) is 0 Å². The molecule has 5 heteroatoms. The van der Waals surface area contributed by atoms with Crippen molar-refractivity contribution in [2.24, 2.45) is 10.1 Å². The zero-order chi connectivity index (χ0) is 12.0. The van der Waals surface area contributed by atoms with Crippen molar-refractivity contribution < 1.29 is 4.21 Å². The summed E-state index contributed by atoms with van der Waals surface area (Å²) in [6, 6.07) is 7.38. The number of nitrogens with two attached hydrogens (primary N) is 1. The first kappa shape index (κ1) is 13.5. The number of hydrogen-bond acceptors (Lipinski definition) is 3. The van der Waals surface area contributed by atoms with E-state index in [9.17, 15) is 4.21 Å². The highest BCUT2D eigenvalue weighted by molar-refractivity contribution is 7.92. The molecule has 0 aliphatic heterocycles. The van der Waals surface area contributed by atoms with Gasteiger partial charge in [-0.1, -0.05) is 23.7 Å². The number of nitrogens with zero attached hydrogens (tertiary/aromatic N) is 1. The predicted molar refractivity (Wildman–Crippen MR) is 70.2 cm³/mol. The van der Waals surface area contributed by atoms with E-state index in [0.29, 0.717) is 29.6 Å². The summed E-state index contributed by atoms with van der Waals surface area (Å²) in [6.07, 6.45) is 0. The van der Waals surface area contributed by atoms with E-state index < -0.39 is 9.73 Å². The van der Waals surface area contributed by atoms with E-state index >= 15 is 0 Å². The van der Waals surface area contributed by atoms with Crippen LogP contribution in [-0.2, 0) is 15.5 Å². The quantitative estimate of drug-likeness (QED) is 0.883. The van der Waals surface area contributed by atoms with Crippen LogP contribution in [0, 0.1) is 0 Å². The van der Waals surface area contributed by atoms with E-state index in [2.05, 4.69) is 4.36 Å². The lowest BCUT2D eigenvalue weighted by molar-refractivity contribution is 0.674. The van der Waals surface area contributed by atoms with E-state index in [1.807, 2.05) is 25.1 Å². The zero-order valence-electron chi connectivity index (χ0n) is 9.36. The Bertz CT molecular complexity index is 453. The summed E-state index contributed by atoms with van der Waals surface area (Å²) in [5, 5.41) is 0.656. The van der Waals surface area contributed by atoms with Gasteiger partial charge in [-0.25, -0.2) is 8.57 Å². The highest BCUT2D eigenvalue weighted by atomic mass is 35.5. The Balaban J connectivity index is 2.93. The highest BCUT2D eigenvalue weighted by Crippen LogP contribution is 2.14. The van der Waals surface area contributed by atoms with Gasteiger partial charge < -0.3 is 5.73 Å². The largest absolute Gasteiger partial charge is 0.330 e. The van der Waals surface area contributed by atoms with Gasteiger partial charge in [0.25, 0.3) is 0 Å². The van der Waals surface area contributed by atoms with Gasteiger partial charge in [0.05, 0.1) is 15.5 Å². The van der Waals surface area contributed by atoms with Crippen molar-refractivity contribution in [1.29, 1.82) is 0 Å². The van der Waals surface area contributed by atoms with Crippen LogP contribution in [0.4, 0.5) is 0 Å². The third kappa shape index (κ3) is 4.12. The molecule has 0 aliphatic carbocycles. The summed E-state index contributed by atoms with van der Waals surface area (Å²) in [6.45, 7) is 2.83. The molecule has 1 unspecified atom stereocenters. The van der Waals surface area contributed by atoms with Gasteiger partial charge in [-0.05, 0) is 24.6 Å². The summed E-state index contributed by atoms with van der Waals surface area (Å²) >= 11 is 5.88. The summed E-state index contributed by atoms with van der Waals surface area (Å²) in [7, 11) is -2.22. The van der Waals surface area contributed by atoms with Gasteiger partial charge in [-0.15, -0.1) is 0 Å². The van der Waals surface area contributed by atoms with Crippen molar-refractivity contribution in [3.05, 3.63) is 34.9 Å². The molecule has 0 spiro atoms. The maximum absolute atomic E-state index is 12.4. The maximum Gasteiger partial charge on any atom is 0.0569 e. The minimum atomic E-state index is -2.22. The van der Waals surface area contributed by atoms with Crippen LogP contribution < -0.4 is 5.73 Å². The third-order valence-corrected chi connectivity index (χ3v) is 4.70. The molecule has 0 saturated carbocycles. The molecule has 0 radical (unpaired) electrons.